The van der Waals surface area contributed by atoms with Gasteiger partial charge >= 0.3 is 0 Å². The number of benzene rings is 2. The van der Waals surface area contributed by atoms with Crippen LogP contribution in [-0.2, 0) is 23.2 Å². The van der Waals surface area contributed by atoms with Crippen molar-refractivity contribution in [2.24, 2.45) is 17.4 Å². The number of nitrogens with two attached hydrogens (primary N) is 2. The van der Waals surface area contributed by atoms with E-state index in [1.54, 1.807) is 32.0 Å². The van der Waals surface area contributed by atoms with E-state index >= 15 is 0 Å². The molecule has 5 N–H and O–H groups in total. The molecule has 0 aliphatic heterocycles. The normalized spacial score (nSPS) is 12.6. The number of nitriles is 1. The fourth-order valence-corrected chi connectivity index (χ4v) is 4.82. The Balaban J connectivity index is 1.83. The number of hydrogen-bond donors (Lipinski definition) is 3. The number of ketones is 1. The van der Waals surface area contributed by atoms with Crippen molar-refractivity contribution in [1.29, 1.82) is 5.26 Å². The number of aromatic nitrogens is 2. The highest BCUT2D eigenvalue weighted by Gasteiger charge is 2.25. The van der Waals surface area contributed by atoms with Crippen molar-refractivity contribution in [3.8, 4) is 23.1 Å². The van der Waals surface area contributed by atoms with Gasteiger partial charge in [0.15, 0.2) is 5.78 Å². The molecule has 0 aliphatic carbocycles. The average molecular weight is 587 g/mol. The number of amides is 1. The molecule has 1 atom stereocenters. The molecular formula is C34H46N6O3. The molecule has 3 rings (SSSR count). The Kier molecular flexibility index (Phi) is 10.9. The molecule has 0 unspecified atom stereocenters. The summed E-state index contributed by atoms with van der Waals surface area (Å²) in [5.41, 5.74) is 14.3. The van der Waals surface area contributed by atoms with E-state index in [0.717, 1.165) is 22.6 Å². The Morgan fingerprint density at radius 1 is 1.09 bits per heavy atom. The molecular weight excluding hydrogens is 540 g/mol. The Hall–Kier alpha value is -4.00. The summed E-state index contributed by atoms with van der Waals surface area (Å²) in [7, 11) is 0. The van der Waals surface area contributed by atoms with Crippen LogP contribution in [0.3, 0.4) is 0 Å². The van der Waals surface area contributed by atoms with E-state index in [4.69, 9.17) is 21.2 Å². The fraction of sp³-hybridized carbons (Fsp3) is 0.471. The smallest absolute Gasteiger partial charge is 0.239 e. The molecule has 0 aliphatic rings. The van der Waals surface area contributed by atoms with E-state index in [1.165, 1.54) is 0 Å². The number of carbonyl (C=O) groups excluding carboxylic acids is 2. The van der Waals surface area contributed by atoms with Gasteiger partial charge in [-0.25, -0.2) is 4.98 Å². The van der Waals surface area contributed by atoms with E-state index in [0.29, 0.717) is 36.4 Å². The lowest BCUT2D eigenvalue weighted by atomic mass is 9.90. The maximum Gasteiger partial charge on any atom is 0.239 e. The van der Waals surface area contributed by atoms with Gasteiger partial charge in [-0.1, -0.05) is 45.0 Å². The standard InChI is InChI=1S/C34H46N6O3/c1-22(2)43-30-13-12-26(18-27(30)19-36)29(41)17-24(20-38-32(42)34(6,7)37)16-23-8-10-25(11-9-23)28-21-40(15-14-35)31(39-28)33(3,4)5/h8-13,18,21-22,24H,14-17,20,35,37H2,1-7H3,(H,38,42)/t24-/m1/s1. The average Bonchev–Trinajstić information content (AvgIpc) is 3.36. The molecule has 9 heteroatoms. The highest BCUT2D eigenvalue weighted by Crippen LogP contribution is 2.28. The second kappa shape index (κ2) is 14.0. The molecule has 0 radical (unpaired) electrons. The van der Waals surface area contributed by atoms with Crippen LogP contribution in [0, 0.1) is 17.2 Å². The molecule has 0 spiro atoms. The summed E-state index contributed by atoms with van der Waals surface area (Å²) in [6, 6.07) is 15.2. The van der Waals surface area contributed by atoms with Gasteiger partial charge in [-0.2, -0.15) is 5.26 Å². The second-order valence-corrected chi connectivity index (χ2v) is 13.0. The first-order valence-electron chi connectivity index (χ1n) is 14.8. The van der Waals surface area contributed by atoms with Gasteiger partial charge in [-0.3, -0.25) is 9.59 Å². The molecule has 1 amide bonds. The Bertz CT molecular complexity index is 1450. The zero-order chi connectivity index (χ0) is 31.9. The van der Waals surface area contributed by atoms with Crippen LogP contribution in [0.1, 0.15) is 82.2 Å². The van der Waals surface area contributed by atoms with E-state index < -0.39 is 5.54 Å². The SMILES string of the molecule is CC(C)Oc1ccc(C(=O)C[C@H](CNC(=O)C(C)(C)N)Cc2ccc(-c3cn(CCN)c(C(C)(C)C)n3)cc2)cc1C#N. The quantitative estimate of drug-likeness (QED) is 0.245. The minimum atomic E-state index is -1.04. The van der Waals surface area contributed by atoms with E-state index in [-0.39, 0.29) is 42.1 Å². The van der Waals surface area contributed by atoms with Crippen LogP contribution in [0.15, 0.2) is 48.7 Å². The van der Waals surface area contributed by atoms with Gasteiger partial charge in [-0.15, -0.1) is 0 Å². The first kappa shape index (κ1) is 33.5. The van der Waals surface area contributed by atoms with E-state index in [2.05, 4.69) is 36.7 Å². The van der Waals surface area contributed by atoms with Gasteiger partial charge in [0, 0.05) is 48.8 Å². The maximum atomic E-state index is 13.4. The number of Topliss-reactive ketones (excluding diaryl/α,β-unsaturated/α-hetero) is 1. The third-order valence-electron chi connectivity index (χ3n) is 6.99. The van der Waals surface area contributed by atoms with Crippen LogP contribution in [0.2, 0.25) is 0 Å². The Labute approximate surface area is 255 Å². The highest BCUT2D eigenvalue weighted by molar-refractivity contribution is 5.97. The van der Waals surface area contributed by atoms with Gasteiger partial charge in [0.05, 0.1) is 22.9 Å². The number of hydrogen-bond acceptors (Lipinski definition) is 7. The predicted octanol–water partition coefficient (Wildman–Crippen LogP) is 4.75. The van der Waals surface area contributed by atoms with Crippen molar-refractivity contribution in [1.82, 2.24) is 14.9 Å². The Morgan fingerprint density at radius 3 is 2.33 bits per heavy atom. The minimum absolute atomic E-state index is 0.0954. The lowest BCUT2D eigenvalue weighted by Gasteiger charge is -2.22. The number of ether oxygens (including phenoxy) is 1. The molecule has 0 fully saturated rings. The molecule has 1 heterocycles. The van der Waals surface area contributed by atoms with Gasteiger partial charge in [0.2, 0.25) is 5.91 Å². The number of imidazole rings is 1. The van der Waals surface area contributed by atoms with Crippen LogP contribution < -0.4 is 21.5 Å². The van der Waals surface area contributed by atoms with E-state index in [9.17, 15) is 14.9 Å². The van der Waals surface area contributed by atoms with Gasteiger partial charge < -0.3 is 26.1 Å². The number of rotatable bonds is 13. The summed E-state index contributed by atoms with van der Waals surface area (Å²) in [6.07, 6.45) is 2.69. The first-order valence-corrected chi connectivity index (χ1v) is 14.8. The number of carbonyl (C=O) groups is 2. The van der Waals surface area contributed by atoms with Gasteiger partial charge in [0.25, 0.3) is 0 Å². The highest BCUT2D eigenvalue weighted by atomic mass is 16.5. The maximum absolute atomic E-state index is 13.4. The van der Waals surface area contributed by atoms with Gasteiger partial charge in [-0.05, 0) is 63.8 Å². The zero-order valence-corrected chi connectivity index (χ0v) is 26.5. The fourth-order valence-electron chi connectivity index (χ4n) is 4.82. The molecule has 9 nitrogen and oxygen atoms in total. The molecule has 0 saturated heterocycles. The van der Waals surface area contributed by atoms with Crippen molar-refractivity contribution in [3.63, 3.8) is 0 Å². The van der Waals surface area contributed by atoms with Crippen LogP contribution in [0.5, 0.6) is 5.75 Å². The molecule has 2 aromatic carbocycles. The lowest BCUT2D eigenvalue weighted by Crippen LogP contribution is -2.50. The van der Waals surface area contributed by atoms with Crippen molar-refractivity contribution >= 4 is 11.7 Å². The third kappa shape index (κ3) is 9.24. The van der Waals surface area contributed by atoms with Crippen molar-refractivity contribution in [3.05, 3.63) is 71.2 Å². The lowest BCUT2D eigenvalue weighted by molar-refractivity contribution is -0.125. The minimum Gasteiger partial charge on any atom is -0.490 e. The molecule has 230 valence electrons. The number of nitrogens with zero attached hydrogens (tertiary/aromatic N) is 3. The summed E-state index contributed by atoms with van der Waals surface area (Å²) < 4.78 is 7.82. The summed E-state index contributed by atoms with van der Waals surface area (Å²) >= 11 is 0. The molecule has 1 aromatic heterocycles. The largest absolute Gasteiger partial charge is 0.490 e. The summed E-state index contributed by atoms with van der Waals surface area (Å²) in [6.45, 7) is 15.0. The molecule has 0 bridgehead atoms. The van der Waals surface area contributed by atoms with Crippen LogP contribution in [0.25, 0.3) is 11.3 Å². The number of nitrogens with one attached hydrogen (secondary N) is 1. The monoisotopic (exact) mass is 586 g/mol. The molecule has 0 saturated carbocycles. The third-order valence-corrected chi connectivity index (χ3v) is 6.99. The second-order valence-electron chi connectivity index (χ2n) is 13.0. The summed E-state index contributed by atoms with van der Waals surface area (Å²) in [5, 5.41) is 12.5. The van der Waals surface area contributed by atoms with Crippen LogP contribution in [0.4, 0.5) is 0 Å². The topological polar surface area (TPSA) is 149 Å². The first-order chi connectivity index (χ1) is 20.1. The Morgan fingerprint density at radius 2 is 1.77 bits per heavy atom. The van der Waals surface area contributed by atoms with Gasteiger partial charge in [0.1, 0.15) is 17.6 Å². The summed E-state index contributed by atoms with van der Waals surface area (Å²) in [5.74, 6) is 0.835. The van der Waals surface area contributed by atoms with Crippen molar-refractivity contribution in [2.75, 3.05) is 13.1 Å². The summed E-state index contributed by atoms with van der Waals surface area (Å²) in [4.78, 5) is 30.8. The molecule has 3 aromatic rings. The van der Waals surface area contributed by atoms with E-state index in [1.807, 2.05) is 44.3 Å². The van der Waals surface area contributed by atoms with Crippen molar-refractivity contribution < 1.29 is 14.3 Å². The van der Waals surface area contributed by atoms with Crippen LogP contribution in [-0.4, -0.2) is 46.0 Å². The molecule has 43 heavy (non-hydrogen) atoms. The predicted molar refractivity (Wildman–Crippen MR) is 170 cm³/mol. The van der Waals surface area contributed by atoms with Crippen LogP contribution >= 0.6 is 0 Å². The zero-order valence-electron chi connectivity index (χ0n) is 26.5. The van der Waals surface area contributed by atoms with Crippen molar-refractivity contribution in [2.45, 2.75) is 84.9 Å².